The molecule has 0 saturated carbocycles. The normalized spacial score (nSPS) is 15.3. The van der Waals surface area contributed by atoms with E-state index in [0.717, 1.165) is 14.0 Å². The van der Waals surface area contributed by atoms with Crippen LogP contribution >= 0.6 is 0 Å². The molecule has 0 aromatic rings. The molecule has 0 aromatic heterocycles. The Kier molecular flexibility index (Phi) is 3.19. The van der Waals surface area contributed by atoms with Gasteiger partial charge < -0.3 is 9.84 Å². The predicted molar refractivity (Wildman–Crippen MR) is 37.9 cm³/mol. The lowest BCUT2D eigenvalue weighted by atomic mass is 10.00. The summed E-state index contributed by atoms with van der Waals surface area (Å²) in [7, 11) is 1.12. The summed E-state index contributed by atoms with van der Waals surface area (Å²) < 4.78 is 4.23. The smallest absolute Gasteiger partial charge is 0.345 e. The number of ether oxygens (including phenoxy) is 1. The Hall–Kier alpha value is -0.900. The van der Waals surface area contributed by atoms with Crippen LogP contribution in [0.4, 0.5) is 0 Å². The van der Waals surface area contributed by atoms with Gasteiger partial charge >= 0.3 is 5.97 Å². The van der Waals surface area contributed by atoms with Gasteiger partial charge in [0.15, 0.2) is 5.78 Å². The van der Waals surface area contributed by atoms with E-state index in [0.29, 0.717) is 0 Å². The summed E-state index contributed by atoms with van der Waals surface area (Å²) in [4.78, 5) is 21.6. The molecule has 4 heteroatoms. The maximum Gasteiger partial charge on any atom is 0.345 e. The minimum absolute atomic E-state index is 0.113. The van der Waals surface area contributed by atoms with Gasteiger partial charge in [0.05, 0.1) is 7.11 Å². The summed E-state index contributed by atoms with van der Waals surface area (Å²) in [5.41, 5.74) is -1.98. The molecule has 0 spiro atoms. The number of aliphatic hydroxyl groups is 1. The zero-order chi connectivity index (χ0) is 9.07. The van der Waals surface area contributed by atoms with Crippen LogP contribution in [-0.4, -0.2) is 29.6 Å². The first-order chi connectivity index (χ1) is 4.96. The molecule has 1 N–H and O–H groups in total. The minimum atomic E-state index is -1.98. The van der Waals surface area contributed by atoms with Crippen LogP contribution in [0.2, 0.25) is 0 Å². The van der Waals surface area contributed by atoms with E-state index in [1.165, 1.54) is 0 Å². The molecule has 0 rings (SSSR count). The summed E-state index contributed by atoms with van der Waals surface area (Å²) in [5, 5.41) is 9.23. The number of Topliss-reactive ketones (excluding diaryl/α,β-unsaturated/α-hetero) is 1. The Bertz CT molecular complexity index is 153. The van der Waals surface area contributed by atoms with Gasteiger partial charge in [-0.2, -0.15) is 0 Å². The first-order valence-corrected chi connectivity index (χ1v) is 3.30. The van der Waals surface area contributed by atoms with Crippen molar-refractivity contribution in [3.8, 4) is 0 Å². The summed E-state index contributed by atoms with van der Waals surface area (Å²) in [6.45, 7) is 2.70. The molecular weight excluding hydrogens is 148 g/mol. The average molecular weight is 160 g/mol. The molecule has 0 saturated heterocycles. The van der Waals surface area contributed by atoms with Crippen molar-refractivity contribution in [2.24, 2.45) is 0 Å². The number of rotatable bonds is 3. The molecule has 0 bridgehead atoms. The molecule has 0 amide bonds. The molecule has 64 valence electrons. The van der Waals surface area contributed by atoms with Crippen LogP contribution in [-0.2, 0) is 14.3 Å². The number of methoxy groups -OCH3 is 1. The number of ketones is 1. The Labute approximate surface area is 65.2 Å². The topological polar surface area (TPSA) is 63.6 Å². The highest BCUT2D eigenvalue weighted by atomic mass is 16.5. The zero-order valence-electron chi connectivity index (χ0n) is 6.88. The highest BCUT2D eigenvalue weighted by Crippen LogP contribution is 2.08. The van der Waals surface area contributed by atoms with Crippen molar-refractivity contribution in [2.45, 2.75) is 25.9 Å². The highest BCUT2D eigenvalue weighted by Gasteiger charge is 2.38. The van der Waals surface area contributed by atoms with E-state index in [4.69, 9.17) is 0 Å². The number of hydrogen-bond acceptors (Lipinski definition) is 4. The maximum atomic E-state index is 10.9. The van der Waals surface area contributed by atoms with Crippen molar-refractivity contribution in [1.29, 1.82) is 0 Å². The largest absolute Gasteiger partial charge is 0.467 e. The third-order valence-corrected chi connectivity index (χ3v) is 1.45. The Balaban J connectivity index is 4.44. The van der Waals surface area contributed by atoms with Gasteiger partial charge in [-0.1, -0.05) is 6.92 Å². The molecule has 11 heavy (non-hydrogen) atoms. The third kappa shape index (κ3) is 2.01. The fraction of sp³-hybridized carbons (Fsp3) is 0.714. The number of carbonyl (C=O) groups excluding carboxylic acids is 2. The van der Waals surface area contributed by atoms with E-state index >= 15 is 0 Å². The van der Waals surface area contributed by atoms with E-state index in [2.05, 4.69) is 4.74 Å². The lowest BCUT2D eigenvalue weighted by molar-refractivity contribution is -0.166. The van der Waals surface area contributed by atoms with Crippen molar-refractivity contribution in [2.75, 3.05) is 7.11 Å². The molecular formula is C7H12O4. The minimum Gasteiger partial charge on any atom is -0.467 e. The summed E-state index contributed by atoms with van der Waals surface area (Å²) in [6, 6.07) is 0. The zero-order valence-corrected chi connectivity index (χ0v) is 6.88. The van der Waals surface area contributed by atoms with Crippen LogP contribution in [0, 0.1) is 0 Å². The first-order valence-electron chi connectivity index (χ1n) is 3.30. The van der Waals surface area contributed by atoms with Crippen LogP contribution < -0.4 is 0 Å². The van der Waals surface area contributed by atoms with E-state index < -0.39 is 17.4 Å². The van der Waals surface area contributed by atoms with Crippen LogP contribution in [0.25, 0.3) is 0 Å². The van der Waals surface area contributed by atoms with Crippen LogP contribution in [0.3, 0.4) is 0 Å². The second-order valence-corrected chi connectivity index (χ2v) is 2.34. The second kappa shape index (κ2) is 3.48. The van der Waals surface area contributed by atoms with Gasteiger partial charge in [0.1, 0.15) is 0 Å². The molecule has 0 aliphatic carbocycles. The number of esters is 1. The van der Waals surface area contributed by atoms with Gasteiger partial charge in [0, 0.05) is 6.42 Å². The molecule has 4 nitrogen and oxygen atoms in total. The van der Waals surface area contributed by atoms with Crippen molar-refractivity contribution in [1.82, 2.24) is 0 Å². The second-order valence-electron chi connectivity index (χ2n) is 2.34. The summed E-state index contributed by atoms with van der Waals surface area (Å²) >= 11 is 0. The van der Waals surface area contributed by atoms with Gasteiger partial charge in [0.2, 0.25) is 5.60 Å². The quantitative estimate of drug-likeness (QED) is 0.462. The van der Waals surface area contributed by atoms with Crippen molar-refractivity contribution in [3.05, 3.63) is 0 Å². The molecule has 0 radical (unpaired) electrons. The van der Waals surface area contributed by atoms with Gasteiger partial charge in [-0.3, -0.25) is 4.79 Å². The van der Waals surface area contributed by atoms with Gasteiger partial charge in [-0.05, 0) is 6.92 Å². The van der Waals surface area contributed by atoms with E-state index in [9.17, 15) is 14.7 Å². The van der Waals surface area contributed by atoms with E-state index in [1.807, 2.05) is 0 Å². The standard InChI is InChI=1S/C7H12O4/c1-4-5(8)7(2,10)6(9)11-3/h10H,4H2,1-3H3. The maximum absolute atomic E-state index is 10.9. The fourth-order valence-electron chi connectivity index (χ4n) is 0.657. The summed E-state index contributed by atoms with van der Waals surface area (Å²) in [5.74, 6) is -1.45. The predicted octanol–water partition coefficient (Wildman–Crippen LogP) is -0.110. The Morgan fingerprint density at radius 2 is 2.00 bits per heavy atom. The summed E-state index contributed by atoms with van der Waals surface area (Å²) in [6.07, 6.45) is 0.113. The first kappa shape index (κ1) is 10.1. The molecule has 0 heterocycles. The van der Waals surface area contributed by atoms with Crippen molar-refractivity contribution >= 4 is 11.8 Å². The highest BCUT2D eigenvalue weighted by molar-refractivity contribution is 6.06. The van der Waals surface area contributed by atoms with E-state index in [1.54, 1.807) is 6.92 Å². The molecule has 0 aliphatic heterocycles. The molecule has 1 atom stereocenters. The molecule has 0 aromatic carbocycles. The van der Waals surface area contributed by atoms with Gasteiger partial charge in [-0.25, -0.2) is 4.79 Å². The SMILES string of the molecule is CCC(=O)C(C)(O)C(=O)OC. The molecule has 0 fully saturated rings. The third-order valence-electron chi connectivity index (χ3n) is 1.45. The van der Waals surface area contributed by atoms with Crippen LogP contribution in [0.1, 0.15) is 20.3 Å². The monoisotopic (exact) mass is 160 g/mol. The van der Waals surface area contributed by atoms with Crippen molar-refractivity contribution < 1.29 is 19.4 Å². The van der Waals surface area contributed by atoms with Crippen LogP contribution in [0.5, 0.6) is 0 Å². The van der Waals surface area contributed by atoms with E-state index in [-0.39, 0.29) is 6.42 Å². The lowest BCUT2D eigenvalue weighted by Gasteiger charge is -2.17. The Morgan fingerprint density at radius 1 is 1.55 bits per heavy atom. The van der Waals surface area contributed by atoms with Crippen molar-refractivity contribution in [3.63, 3.8) is 0 Å². The van der Waals surface area contributed by atoms with Gasteiger partial charge in [-0.15, -0.1) is 0 Å². The number of hydrogen-bond donors (Lipinski definition) is 1. The lowest BCUT2D eigenvalue weighted by Crippen LogP contribution is -2.44. The fourth-order valence-corrected chi connectivity index (χ4v) is 0.657. The number of carbonyl (C=O) groups is 2. The average Bonchev–Trinajstić information content (AvgIpc) is 2.01. The molecule has 1 unspecified atom stereocenters. The van der Waals surface area contributed by atoms with Gasteiger partial charge in [0.25, 0.3) is 0 Å². The Morgan fingerprint density at radius 3 is 2.27 bits per heavy atom. The van der Waals surface area contributed by atoms with Crippen LogP contribution in [0.15, 0.2) is 0 Å². The molecule has 0 aliphatic rings.